The number of carbonyl (C=O) groups is 3. The summed E-state index contributed by atoms with van der Waals surface area (Å²) in [6.45, 7) is 6.41. The van der Waals surface area contributed by atoms with Gasteiger partial charge in [0.25, 0.3) is 0 Å². The van der Waals surface area contributed by atoms with Gasteiger partial charge < -0.3 is 14.2 Å². The van der Waals surface area contributed by atoms with E-state index in [9.17, 15) is 14.4 Å². The van der Waals surface area contributed by atoms with E-state index in [0.29, 0.717) is 19.3 Å². The molecule has 1 atom stereocenters. The van der Waals surface area contributed by atoms with Gasteiger partial charge in [-0.1, -0.05) is 251 Å². The molecule has 0 bridgehead atoms. The summed E-state index contributed by atoms with van der Waals surface area (Å²) in [5.41, 5.74) is 0. The maximum atomic E-state index is 12.8. The molecule has 6 nitrogen and oxygen atoms in total. The predicted octanol–water partition coefficient (Wildman–Crippen LogP) is 18.9. The van der Waals surface area contributed by atoms with Crippen molar-refractivity contribution >= 4 is 17.9 Å². The zero-order valence-electron chi connectivity index (χ0n) is 44.5. The summed E-state index contributed by atoms with van der Waals surface area (Å²) < 4.78 is 16.8. The number of rotatable bonds is 49. The monoisotopic (exact) mass is 955 g/mol. The lowest BCUT2D eigenvalue weighted by molar-refractivity contribution is -0.167. The molecule has 0 N–H and O–H groups in total. The summed E-state index contributed by atoms with van der Waals surface area (Å²) in [5, 5.41) is 0. The normalized spacial score (nSPS) is 13.0. The number of unbranched alkanes of at least 4 members (excludes halogenated alkanes) is 25. The van der Waals surface area contributed by atoms with Crippen LogP contribution in [0.4, 0.5) is 0 Å². The molecule has 1 unspecified atom stereocenters. The van der Waals surface area contributed by atoms with Crippen LogP contribution >= 0.6 is 0 Å². The Morgan fingerprint density at radius 2 is 0.565 bits per heavy atom. The van der Waals surface area contributed by atoms with Crippen molar-refractivity contribution in [3.05, 3.63) is 122 Å². The van der Waals surface area contributed by atoms with E-state index in [1.54, 1.807) is 0 Å². The minimum absolute atomic E-state index is 0.116. The van der Waals surface area contributed by atoms with Crippen LogP contribution in [0.1, 0.15) is 239 Å². The Kier molecular flexibility index (Phi) is 53.0. The van der Waals surface area contributed by atoms with Crippen LogP contribution in [0.2, 0.25) is 0 Å². The molecule has 0 aliphatic rings. The quantitative estimate of drug-likeness (QED) is 0.0262. The molecular weight excluding hydrogens is 853 g/mol. The van der Waals surface area contributed by atoms with Crippen LogP contribution in [0.15, 0.2) is 122 Å². The molecule has 0 fully saturated rings. The van der Waals surface area contributed by atoms with Gasteiger partial charge in [-0.25, -0.2) is 0 Å². The molecule has 0 heterocycles. The molecule has 0 saturated heterocycles. The van der Waals surface area contributed by atoms with E-state index < -0.39 is 6.10 Å². The SMILES string of the molecule is CC\C=C/C=C\C=C/C=C\C=C\C=C/CCCCCC(=O)OC(COC(=O)CCCCC/C=C\C=C/CCCCCCCCC)COC(=O)CCCCCCC/C=C\C=C/CCCCCCCCC. The summed E-state index contributed by atoms with van der Waals surface area (Å²) in [5.74, 6) is -1.00. The molecule has 0 aromatic carbocycles. The Labute approximate surface area is 424 Å². The molecule has 0 aliphatic carbocycles. The Balaban J connectivity index is 4.56. The van der Waals surface area contributed by atoms with E-state index in [0.717, 1.165) is 96.3 Å². The van der Waals surface area contributed by atoms with Gasteiger partial charge >= 0.3 is 17.9 Å². The highest BCUT2D eigenvalue weighted by atomic mass is 16.6. The smallest absolute Gasteiger partial charge is 0.306 e. The van der Waals surface area contributed by atoms with Gasteiger partial charge in [-0.2, -0.15) is 0 Å². The maximum absolute atomic E-state index is 12.8. The largest absolute Gasteiger partial charge is 0.462 e. The molecular formula is C63H102O6. The van der Waals surface area contributed by atoms with Gasteiger partial charge in [0, 0.05) is 19.3 Å². The molecule has 390 valence electrons. The average Bonchev–Trinajstić information content (AvgIpc) is 3.35. The highest BCUT2D eigenvalue weighted by Crippen LogP contribution is 2.13. The molecule has 69 heavy (non-hydrogen) atoms. The first-order chi connectivity index (χ1) is 34.0. The molecule has 0 spiro atoms. The topological polar surface area (TPSA) is 78.9 Å². The van der Waals surface area contributed by atoms with Gasteiger partial charge in [0.05, 0.1) is 0 Å². The zero-order valence-corrected chi connectivity index (χ0v) is 44.5. The number of hydrogen-bond acceptors (Lipinski definition) is 6. The van der Waals surface area contributed by atoms with Crippen LogP contribution in [0.3, 0.4) is 0 Å². The van der Waals surface area contributed by atoms with Crippen LogP contribution in [-0.2, 0) is 28.6 Å². The van der Waals surface area contributed by atoms with Gasteiger partial charge in [-0.05, 0) is 89.9 Å². The molecule has 0 radical (unpaired) electrons. The highest BCUT2D eigenvalue weighted by molar-refractivity contribution is 5.71. The first-order valence-electron chi connectivity index (χ1n) is 28.2. The highest BCUT2D eigenvalue weighted by Gasteiger charge is 2.19. The van der Waals surface area contributed by atoms with Crippen molar-refractivity contribution in [2.24, 2.45) is 0 Å². The van der Waals surface area contributed by atoms with E-state index >= 15 is 0 Å². The van der Waals surface area contributed by atoms with Crippen LogP contribution in [0.25, 0.3) is 0 Å². The van der Waals surface area contributed by atoms with Crippen molar-refractivity contribution < 1.29 is 28.6 Å². The lowest BCUT2D eigenvalue weighted by Gasteiger charge is -2.18. The fourth-order valence-corrected chi connectivity index (χ4v) is 7.40. The van der Waals surface area contributed by atoms with Gasteiger partial charge in [0.2, 0.25) is 0 Å². The first-order valence-corrected chi connectivity index (χ1v) is 28.2. The summed E-state index contributed by atoms with van der Waals surface area (Å²) in [4.78, 5) is 38.1. The van der Waals surface area contributed by atoms with Crippen LogP contribution in [0, 0.1) is 0 Å². The summed E-state index contributed by atoms with van der Waals surface area (Å²) in [7, 11) is 0. The standard InChI is InChI=1S/C63H102O6/c1-4-7-10-13-16-19-22-25-28-31-33-35-38-41-44-47-50-53-56-62(65)68-59-60(58-67-61(64)55-52-49-46-43-40-37-34-30-27-24-21-18-15-12-9-6-3)69-63(66)57-54-51-48-45-42-39-36-32-29-26-23-20-17-14-11-8-5-2/h8,11,14,17,20,23,26,28-37,39-40,42,60H,4-7,9-10,12-13,15-16,18-19,21-22,24-25,27,38,41,43-59H2,1-3H3/b11-8-,17-14-,23-20-,29-26-,31-28-,34-30-,35-33-,36-32+,40-37-,42-39-. The molecule has 0 aromatic heterocycles. The van der Waals surface area contributed by atoms with Gasteiger partial charge in [-0.3, -0.25) is 14.4 Å². The van der Waals surface area contributed by atoms with Gasteiger partial charge in [0.15, 0.2) is 6.10 Å². The van der Waals surface area contributed by atoms with Gasteiger partial charge in [-0.15, -0.1) is 0 Å². The fourth-order valence-electron chi connectivity index (χ4n) is 7.40. The van der Waals surface area contributed by atoms with Crippen LogP contribution in [-0.4, -0.2) is 37.2 Å². The zero-order chi connectivity index (χ0) is 50.0. The van der Waals surface area contributed by atoms with E-state index in [-0.39, 0.29) is 37.5 Å². The summed E-state index contributed by atoms with van der Waals surface area (Å²) in [6.07, 6.45) is 77.5. The predicted molar refractivity (Wildman–Crippen MR) is 297 cm³/mol. The second kappa shape index (κ2) is 56.4. The first kappa shape index (κ1) is 64.8. The molecule has 0 aliphatic heterocycles. The Bertz CT molecular complexity index is 1470. The van der Waals surface area contributed by atoms with Crippen molar-refractivity contribution in [1.82, 2.24) is 0 Å². The van der Waals surface area contributed by atoms with E-state index in [4.69, 9.17) is 14.2 Å². The number of allylic oxidation sites excluding steroid dienone is 20. The molecule has 6 heteroatoms. The van der Waals surface area contributed by atoms with Crippen molar-refractivity contribution in [3.8, 4) is 0 Å². The van der Waals surface area contributed by atoms with Crippen LogP contribution < -0.4 is 0 Å². The number of carbonyl (C=O) groups excluding carboxylic acids is 3. The van der Waals surface area contributed by atoms with Crippen molar-refractivity contribution in [2.75, 3.05) is 13.2 Å². The lowest BCUT2D eigenvalue weighted by atomic mass is 10.1. The summed E-state index contributed by atoms with van der Waals surface area (Å²) >= 11 is 0. The maximum Gasteiger partial charge on any atom is 0.306 e. The van der Waals surface area contributed by atoms with Gasteiger partial charge in [0.1, 0.15) is 13.2 Å². The molecule has 0 amide bonds. The Morgan fingerprint density at radius 3 is 0.913 bits per heavy atom. The number of ether oxygens (including phenoxy) is 3. The third-order valence-corrected chi connectivity index (χ3v) is 11.6. The Morgan fingerprint density at radius 1 is 0.304 bits per heavy atom. The van der Waals surface area contributed by atoms with Crippen molar-refractivity contribution in [2.45, 2.75) is 245 Å². The Hall–Kier alpha value is -4.19. The number of esters is 3. The van der Waals surface area contributed by atoms with Crippen molar-refractivity contribution in [3.63, 3.8) is 0 Å². The third kappa shape index (κ3) is 54.6. The van der Waals surface area contributed by atoms with E-state index in [1.165, 1.54) is 96.3 Å². The number of hydrogen-bond donors (Lipinski definition) is 0. The third-order valence-electron chi connectivity index (χ3n) is 11.6. The molecule has 0 saturated carbocycles. The fraction of sp³-hybridized carbons (Fsp3) is 0.635. The summed E-state index contributed by atoms with van der Waals surface area (Å²) in [6, 6.07) is 0. The molecule has 0 rings (SSSR count). The van der Waals surface area contributed by atoms with E-state index in [2.05, 4.69) is 81.5 Å². The average molecular weight is 956 g/mol. The minimum Gasteiger partial charge on any atom is -0.462 e. The molecule has 0 aromatic rings. The van der Waals surface area contributed by atoms with E-state index in [1.807, 2.05) is 60.8 Å². The second-order valence-corrected chi connectivity index (χ2v) is 18.3. The second-order valence-electron chi connectivity index (χ2n) is 18.3. The van der Waals surface area contributed by atoms with Crippen LogP contribution in [0.5, 0.6) is 0 Å². The van der Waals surface area contributed by atoms with Crippen molar-refractivity contribution in [1.29, 1.82) is 0 Å². The minimum atomic E-state index is -0.823. The lowest BCUT2D eigenvalue weighted by Crippen LogP contribution is -2.30.